The number of aryl methyl sites for hydroxylation is 1. The zero-order valence-corrected chi connectivity index (χ0v) is 16.7. The first-order valence-electron chi connectivity index (χ1n) is 10.2. The fraction of sp³-hybridized carbons (Fsp3) is 0.842. The van der Waals surface area contributed by atoms with Gasteiger partial charge in [-0.05, 0) is 32.6 Å². The number of nitrogens with zero attached hydrogens (tertiary/aromatic N) is 4. The molecule has 2 N–H and O–H groups in total. The summed E-state index contributed by atoms with van der Waals surface area (Å²) >= 11 is 0. The molecule has 27 heavy (non-hydrogen) atoms. The molecule has 8 nitrogen and oxygen atoms in total. The summed E-state index contributed by atoms with van der Waals surface area (Å²) < 4.78 is 13.2. The lowest BCUT2D eigenvalue weighted by molar-refractivity contribution is -0.171. The molecule has 0 radical (unpaired) electrons. The number of methoxy groups -OCH3 is 1. The molecule has 1 aromatic rings. The van der Waals surface area contributed by atoms with Crippen LogP contribution in [0.3, 0.4) is 0 Å². The van der Waals surface area contributed by atoms with Gasteiger partial charge in [0.05, 0.1) is 6.10 Å². The zero-order valence-electron chi connectivity index (χ0n) is 16.7. The number of ether oxygens (including phenoxy) is 2. The van der Waals surface area contributed by atoms with E-state index in [2.05, 4.69) is 20.8 Å². The number of nitrogens with one attached hydrogen (secondary N) is 2. The van der Waals surface area contributed by atoms with Crippen molar-refractivity contribution in [3.63, 3.8) is 0 Å². The first-order valence-corrected chi connectivity index (χ1v) is 10.2. The molecule has 0 amide bonds. The van der Waals surface area contributed by atoms with E-state index < -0.39 is 0 Å². The molecule has 3 unspecified atom stereocenters. The van der Waals surface area contributed by atoms with E-state index in [0.29, 0.717) is 30.0 Å². The zero-order chi connectivity index (χ0) is 18.9. The summed E-state index contributed by atoms with van der Waals surface area (Å²) in [4.78, 5) is 4.82. The Labute approximate surface area is 161 Å². The van der Waals surface area contributed by atoms with E-state index in [-0.39, 0.29) is 0 Å². The van der Waals surface area contributed by atoms with Crippen molar-refractivity contribution in [2.75, 3.05) is 26.9 Å². The van der Waals surface area contributed by atoms with Crippen molar-refractivity contribution < 1.29 is 9.47 Å². The third-order valence-electron chi connectivity index (χ3n) is 6.71. The number of guanidine groups is 1. The van der Waals surface area contributed by atoms with Crippen molar-refractivity contribution in [3.8, 4) is 0 Å². The predicted octanol–water partition coefficient (Wildman–Crippen LogP) is 1.15. The second-order valence-electron chi connectivity index (χ2n) is 8.11. The number of aromatic nitrogens is 3. The quantitative estimate of drug-likeness (QED) is 0.422. The Morgan fingerprint density at radius 3 is 2.93 bits per heavy atom. The van der Waals surface area contributed by atoms with Crippen molar-refractivity contribution in [3.05, 3.63) is 11.6 Å². The topological polar surface area (TPSA) is 85.6 Å². The van der Waals surface area contributed by atoms with E-state index in [1.165, 1.54) is 19.3 Å². The molecule has 3 fully saturated rings. The van der Waals surface area contributed by atoms with Crippen molar-refractivity contribution in [2.45, 2.75) is 57.7 Å². The van der Waals surface area contributed by atoms with Gasteiger partial charge in [-0.15, -0.1) is 10.2 Å². The van der Waals surface area contributed by atoms with E-state index in [1.807, 2.05) is 18.5 Å². The SMILES string of the molecule is COCCCNC(=NCc1nnc(C)n1C)NC1C2CCOC2C12CCC2. The minimum Gasteiger partial charge on any atom is -0.385 e. The van der Waals surface area contributed by atoms with Crippen molar-refractivity contribution in [1.29, 1.82) is 0 Å². The van der Waals surface area contributed by atoms with E-state index >= 15 is 0 Å². The van der Waals surface area contributed by atoms with Gasteiger partial charge in [0, 0.05) is 51.3 Å². The molecular formula is C19H32N6O2. The van der Waals surface area contributed by atoms with Gasteiger partial charge in [-0.1, -0.05) is 6.42 Å². The van der Waals surface area contributed by atoms with E-state index in [1.54, 1.807) is 7.11 Å². The largest absolute Gasteiger partial charge is 0.385 e. The van der Waals surface area contributed by atoms with Gasteiger partial charge in [-0.25, -0.2) is 4.99 Å². The van der Waals surface area contributed by atoms with Crippen molar-refractivity contribution >= 4 is 5.96 Å². The van der Waals surface area contributed by atoms with Crippen LogP contribution in [0.5, 0.6) is 0 Å². The molecular weight excluding hydrogens is 344 g/mol. The Bertz CT molecular complexity index is 684. The third kappa shape index (κ3) is 3.33. The third-order valence-corrected chi connectivity index (χ3v) is 6.71. The molecule has 8 heteroatoms. The number of rotatable bonds is 7. The lowest BCUT2D eigenvalue weighted by atomic mass is 9.46. The van der Waals surface area contributed by atoms with Crippen LogP contribution < -0.4 is 10.6 Å². The molecule has 2 saturated carbocycles. The summed E-state index contributed by atoms with van der Waals surface area (Å²) in [5.41, 5.74) is 0.331. The van der Waals surface area contributed by atoms with Crippen LogP contribution in [0, 0.1) is 18.3 Å². The monoisotopic (exact) mass is 376 g/mol. The molecule has 1 aromatic heterocycles. The average Bonchev–Trinajstić information content (AvgIpc) is 3.18. The van der Waals surface area contributed by atoms with Gasteiger partial charge in [-0.3, -0.25) is 0 Å². The Morgan fingerprint density at radius 2 is 2.26 bits per heavy atom. The second-order valence-corrected chi connectivity index (χ2v) is 8.11. The average molecular weight is 377 g/mol. The smallest absolute Gasteiger partial charge is 0.191 e. The van der Waals surface area contributed by atoms with E-state index in [4.69, 9.17) is 14.5 Å². The van der Waals surface area contributed by atoms with Crippen molar-refractivity contribution in [1.82, 2.24) is 25.4 Å². The van der Waals surface area contributed by atoms with Crippen LogP contribution in [0.25, 0.3) is 0 Å². The lowest BCUT2D eigenvalue weighted by Gasteiger charge is -2.63. The first kappa shape index (κ1) is 18.7. The van der Waals surface area contributed by atoms with Crippen LogP contribution >= 0.6 is 0 Å². The summed E-state index contributed by atoms with van der Waals surface area (Å²) in [5, 5.41) is 15.6. The maximum atomic E-state index is 6.04. The first-order chi connectivity index (χ1) is 13.2. The highest BCUT2D eigenvalue weighted by molar-refractivity contribution is 5.80. The summed E-state index contributed by atoms with van der Waals surface area (Å²) in [5.74, 6) is 3.27. The second kappa shape index (κ2) is 7.75. The molecule has 3 aliphatic rings. The van der Waals surface area contributed by atoms with Crippen LogP contribution in [0.4, 0.5) is 0 Å². The Hall–Kier alpha value is -1.67. The Morgan fingerprint density at radius 1 is 1.41 bits per heavy atom. The highest BCUT2D eigenvalue weighted by atomic mass is 16.5. The number of fused-ring (bicyclic) bond motifs is 2. The number of hydrogen-bond donors (Lipinski definition) is 2. The van der Waals surface area contributed by atoms with Crippen LogP contribution in [-0.2, 0) is 23.1 Å². The summed E-state index contributed by atoms with van der Waals surface area (Å²) in [6, 6.07) is 0.466. The molecule has 1 saturated heterocycles. The molecule has 1 spiro atoms. The molecule has 150 valence electrons. The maximum absolute atomic E-state index is 6.04. The van der Waals surface area contributed by atoms with Gasteiger partial charge in [-0.2, -0.15) is 0 Å². The fourth-order valence-corrected chi connectivity index (χ4v) is 4.92. The molecule has 4 rings (SSSR count). The Kier molecular flexibility index (Phi) is 5.36. The summed E-state index contributed by atoms with van der Waals surface area (Å²) in [7, 11) is 3.72. The summed E-state index contributed by atoms with van der Waals surface area (Å²) in [6.45, 7) is 4.95. The number of hydrogen-bond acceptors (Lipinski definition) is 5. The predicted molar refractivity (Wildman–Crippen MR) is 102 cm³/mol. The van der Waals surface area contributed by atoms with Crippen LogP contribution in [0.1, 0.15) is 43.8 Å². The van der Waals surface area contributed by atoms with Gasteiger partial charge in [0.2, 0.25) is 0 Å². The van der Waals surface area contributed by atoms with Crippen LogP contribution in [0.2, 0.25) is 0 Å². The minimum atomic E-state index is 0.331. The van der Waals surface area contributed by atoms with E-state index in [0.717, 1.165) is 50.2 Å². The summed E-state index contributed by atoms with van der Waals surface area (Å²) in [6.07, 6.45) is 6.42. The van der Waals surface area contributed by atoms with Crippen LogP contribution in [0.15, 0.2) is 4.99 Å². The highest BCUT2D eigenvalue weighted by Gasteiger charge is 2.66. The van der Waals surface area contributed by atoms with Gasteiger partial charge in [0.25, 0.3) is 0 Å². The molecule has 2 heterocycles. The van der Waals surface area contributed by atoms with E-state index in [9.17, 15) is 0 Å². The van der Waals surface area contributed by atoms with Gasteiger partial charge in [0.15, 0.2) is 11.8 Å². The van der Waals surface area contributed by atoms with Crippen molar-refractivity contribution in [2.24, 2.45) is 23.4 Å². The lowest BCUT2D eigenvalue weighted by Crippen LogP contribution is -2.72. The number of aliphatic imine (C=N–C) groups is 1. The maximum Gasteiger partial charge on any atom is 0.191 e. The molecule has 2 aliphatic carbocycles. The normalized spacial score (nSPS) is 28.6. The molecule has 3 atom stereocenters. The fourth-order valence-electron chi connectivity index (χ4n) is 4.92. The van der Waals surface area contributed by atoms with Gasteiger partial charge in [0.1, 0.15) is 12.4 Å². The highest BCUT2D eigenvalue weighted by Crippen LogP contribution is 2.62. The van der Waals surface area contributed by atoms with Gasteiger partial charge >= 0.3 is 0 Å². The Balaban J connectivity index is 1.44. The molecule has 0 aromatic carbocycles. The standard InChI is InChI=1S/C19H32N6O2/c1-13-23-24-15(25(13)2)12-21-18(20-9-5-10-26-3)22-16-14-6-11-27-17(14)19(16)7-4-8-19/h14,16-17H,4-12H2,1-3H3,(H2,20,21,22). The minimum absolute atomic E-state index is 0.331. The van der Waals surface area contributed by atoms with Crippen LogP contribution in [-0.4, -0.2) is 59.7 Å². The van der Waals surface area contributed by atoms with Gasteiger partial charge < -0.3 is 24.7 Å². The molecule has 0 bridgehead atoms. The molecule has 1 aliphatic heterocycles.